The molecule has 0 aromatic carbocycles. The summed E-state index contributed by atoms with van der Waals surface area (Å²) in [6.07, 6.45) is 3.19. The van der Waals surface area contributed by atoms with Crippen LogP contribution in [0.1, 0.15) is 0 Å². The molecular formula is C14H11FN4O2. The second-order valence-electron chi connectivity index (χ2n) is 4.38. The van der Waals surface area contributed by atoms with Crippen molar-refractivity contribution in [2.24, 2.45) is 0 Å². The number of carboxylic acid groups (broad SMARTS) is 1. The molecule has 0 fully saturated rings. The number of nitrogens with zero attached hydrogens (tertiary/aromatic N) is 2. The lowest BCUT2D eigenvalue weighted by molar-refractivity contribution is -0.134. The minimum absolute atomic E-state index is 0.197. The molecule has 0 unspecified atom stereocenters. The lowest BCUT2D eigenvalue weighted by Gasteiger charge is -2.08. The van der Waals surface area contributed by atoms with Gasteiger partial charge in [-0.25, -0.2) is 9.37 Å². The maximum atomic E-state index is 13.9. The van der Waals surface area contributed by atoms with Gasteiger partial charge in [0, 0.05) is 23.3 Å². The van der Waals surface area contributed by atoms with Crippen molar-refractivity contribution in [3.8, 4) is 11.3 Å². The van der Waals surface area contributed by atoms with Gasteiger partial charge in [0.05, 0.1) is 0 Å². The van der Waals surface area contributed by atoms with Crippen LogP contribution in [0, 0.1) is 5.82 Å². The Morgan fingerprint density at radius 1 is 1.43 bits per heavy atom. The van der Waals surface area contributed by atoms with Crippen molar-refractivity contribution in [3.05, 3.63) is 42.5 Å². The molecule has 0 atom stereocenters. The van der Waals surface area contributed by atoms with Crippen LogP contribution in [-0.2, 0) is 4.79 Å². The van der Waals surface area contributed by atoms with E-state index in [-0.39, 0.29) is 12.2 Å². The Kier molecular flexibility index (Phi) is 3.23. The van der Waals surface area contributed by atoms with Gasteiger partial charge in [-0.15, -0.1) is 0 Å². The van der Waals surface area contributed by atoms with Crippen molar-refractivity contribution in [3.63, 3.8) is 0 Å². The number of halogens is 1. The van der Waals surface area contributed by atoms with Crippen LogP contribution in [-0.4, -0.2) is 32.6 Å². The third kappa shape index (κ3) is 2.53. The SMILES string of the molecule is O=C(O)CNc1cc(-c2ncccc2F)c2cc[nH]c2n1. The zero-order valence-corrected chi connectivity index (χ0v) is 10.8. The van der Waals surface area contributed by atoms with E-state index in [9.17, 15) is 9.18 Å². The number of pyridine rings is 2. The van der Waals surface area contributed by atoms with Crippen molar-refractivity contribution in [1.82, 2.24) is 15.0 Å². The first-order valence-electron chi connectivity index (χ1n) is 6.20. The molecule has 0 aliphatic heterocycles. The molecule has 0 aliphatic carbocycles. The van der Waals surface area contributed by atoms with Crippen molar-refractivity contribution in [2.45, 2.75) is 0 Å². The molecule has 6 nitrogen and oxygen atoms in total. The Hall–Kier alpha value is -2.96. The van der Waals surface area contributed by atoms with Gasteiger partial charge in [0.15, 0.2) is 0 Å². The molecule has 3 heterocycles. The van der Waals surface area contributed by atoms with Gasteiger partial charge in [0.1, 0.15) is 29.5 Å². The molecule has 0 amide bonds. The molecule has 7 heteroatoms. The van der Waals surface area contributed by atoms with Crippen LogP contribution in [0.2, 0.25) is 0 Å². The van der Waals surface area contributed by atoms with Crippen LogP contribution in [0.15, 0.2) is 36.7 Å². The van der Waals surface area contributed by atoms with E-state index in [4.69, 9.17) is 5.11 Å². The summed E-state index contributed by atoms with van der Waals surface area (Å²) in [5.74, 6) is -1.11. The van der Waals surface area contributed by atoms with E-state index in [1.54, 1.807) is 18.3 Å². The van der Waals surface area contributed by atoms with Gasteiger partial charge in [0.2, 0.25) is 0 Å². The molecule has 0 saturated heterocycles. The summed E-state index contributed by atoms with van der Waals surface area (Å²) in [4.78, 5) is 21.8. The number of fused-ring (bicyclic) bond motifs is 1. The highest BCUT2D eigenvalue weighted by atomic mass is 19.1. The Bertz CT molecular complexity index is 816. The average Bonchev–Trinajstić information content (AvgIpc) is 2.93. The highest BCUT2D eigenvalue weighted by Crippen LogP contribution is 2.29. The molecule has 3 aromatic rings. The number of carbonyl (C=O) groups is 1. The van der Waals surface area contributed by atoms with Crippen molar-refractivity contribution >= 4 is 22.8 Å². The fraction of sp³-hybridized carbons (Fsp3) is 0.0714. The molecule has 106 valence electrons. The Balaban J connectivity index is 2.14. The number of aromatic amines is 1. The number of hydrogen-bond acceptors (Lipinski definition) is 4. The molecule has 0 radical (unpaired) electrons. The molecule has 3 N–H and O–H groups in total. The topological polar surface area (TPSA) is 90.9 Å². The maximum Gasteiger partial charge on any atom is 0.322 e. The first-order chi connectivity index (χ1) is 10.1. The number of carboxylic acids is 1. The van der Waals surface area contributed by atoms with E-state index in [2.05, 4.69) is 20.3 Å². The van der Waals surface area contributed by atoms with Crippen LogP contribution >= 0.6 is 0 Å². The molecule has 21 heavy (non-hydrogen) atoms. The standard InChI is InChI=1S/C14H11FN4O2/c15-10-2-1-4-16-13(10)9-6-11(18-7-12(20)21)19-14-8(9)3-5-17-14/h1-6H,7H2,(H,20,21)(H2,17,18,19). The van der Waals surface area contributed by atoms with Gasteiger partial charge in [-0.1, -0.05) is 0 Å². The predicted molar refractivity (Wildman–Crippen MR) is 75.4 cm³/mol. The summed E-state index contributed by atoms with van der Waals surface area (Å²) in [5.41, 5.74) is 1.28. The van der Waals surface area contributed by atoms with Crippen LogP contribution in [0.4, 0.5) is 10.2 Å². The number of anilines is 1. The number of aliphatic carboxylic acids is 1. The fourth-order valence-electron chi connectivity index (χ4n) is 2.07. The number of hydrogen-bond donors (Lipinski definition) is 3. The normalized spacial score (nSPS) is 10.7. The number of rotatable bonds is 4. The Morgan fingerprint density at radius 2 is 2.29 bits per heavy atom. The van der Waals surface area contributed by atoms with Crippen molar-refractivity contribution < 1.29 is 14.3 Å². The molecule has 0 aliphatic rings. The smallest absolute Gasteiger partial charge is 0.322 e. The van der Waals surface area contributed by atoms with Gasteiger partial charge in [-0.3, -0.25) is 9.78 Å². The third-order valence-electron chi connectivity index (χ3n) is 2.96. The van der Waals surface area contributed by atoms with Crippen LogP contribution in [0.25, 0.3) is 22.3 Å². The molecule has 3 aromatic heterocycles. The fourth-order valence-corrected chi connectivity index (χ4v) is 2.07. The van der Waals surface area contributed by atoms with E-state index < -0.39 is 11.8 Å². The quantitative estimate of drug-likeness (QED) is 0.684. The Morgan fingerprint density at radius 3 is 3.05 bits per heavy atom. The molecule has 0 spiro atoms. The van der Waals surface area contributed by atoms with Gasteiger partial charge < -0.3 is 15.4 Å². The molecule has 0 bridgehead atoms. The number of aromatic nitrogens is 3. The van der Waals surface area contributed by atoms with E-state index >= 15 is 0 Å². The highest BCUT2D eigenvalue weighted by molar-refractivity contribution is 5.94. The largest absolute Gasteiger partial charge is 0.480 e. The van der Waals surface area contributed by atoms with Crippen LogP contribution < -0.4 is 5.32 Å². The lowest BCUT2D eigenvalue weighted by Crippen LogP contribution is -2.13. The van der Waals surface area contributed by atoms with E-state index in [1.807, 2.05) is 0 Å². The summed E-state index contributed by atoms with van der Waals surface area (Å²) in [7, 11) is 0. The van der Waals surface area contributed by atoms with Crippen LogP contribution in [0.5, 0.6) is 0 Å². The summed E-state index contributed by atoms with van der Waals surface area (Å²) in [5, 5.41) is 12.1. The average molecular weight is 286 g/mol. The van der Waals surface area contributed by atoms with Gasteiger partial charge in [-0.05, 0) is 24.3 Å². The lowest BCUT2D eigenvalue weighted by atomic mass is 10.1. The zero-order valence-electron chi connectivity index (χ0n) is 10.8. The molecule has 0 saturated carbocycles. The number of nitrogens with one attached hydrogen (secondary N) is 2. The predicted octanol–water partition coefficient (Wildman–Crippen LogP) is 2.26. The summed E-state index contributed by atoms with van der Waals surface area (Å²) >= 11 is 0. The summed E-state index contributed by atoms with van der Waals surface area (Å²) in [6, 6.07) is 6.20. The highest BCUT2D eigenvalue weighted by Gasteiger charge is 2.13. The summed E-state index contributed by atoms with van der Waals surface area (Å²) in [6.45, 7) is -0.274. The zero-order chi connectivity index (χ0) is 14.8. The van der Waals surface area contributed by atoms with E-state index in [1.165, 1.54) is 18.3 Å². The van der Waals surface area contributed by atoms with Gasteiger partial charge in [-0.2, -0.15) is 0 Å². The van der Waals surface area contributed by atoms with E-state index in [0.29, 0.717) is 22.4 Å². The van der Waals surface area contributed by atoms with Crippen molar-refractivity contribution in [2.75, 3.05) is 11.9 Å². The molecule has 3 rings (SSSR count). The Labute approximate surface area is 118 Å². The first-order valence-corrected chi connectivity index (χ1v) is 6.20. The number of H-pyrrole nitrogens is 1. The second kappa shape index (κ2) is 5.20. The third-order valence-corrected chi connectivity index (χ3v) is 2.96. The first kappa shape index (κ1) is 13.0. The van der Waals surface area contributed by atoms with E-state index in [0.717, 1.165) is 0 Å². The second-order valence-corrected chi connectivity index (χ2v) is 4.38. The maximum absolute atomic E-state index is 13.9. The van der Waals surface area contributed by atoms with Crippen LogP contribution in [0.3, 0.4) is 0 Å². The minimum Gasteiger partial charge on any atom is -0.480 e. The minimum atomic E-state index is -1.01. The van der Waals surface area contributed by atoms with Gasteiger partial charge in [0.25, 0.3) is 0 Å². The summed E-state index contributed by atoms with van der Waals surface area (Å²) < 4.78 is 13.9. The molecular weight excluding hydrogens is 275 g/mol. The monoisotopic (exact) mass is 286 g/mol. The van der Waals surface area contributed by atoms with Gasteiger partial charge >= 0.3 is 5.97 Å². The van der Waals surface area contributed by atoms with Crippen molar-refractivity contribution in [1.29, 1.82) is 0 Å².